The number of esters is 1. The molecular formula is C33H43N3O7. The number of fused-ring (bicyclic) bond motifs is 2. The molecule has 1 unspecified atom stereocenters. The number of aliphatic hydroxyl groups is 1. The zero-order chi connectivity index (χ0) is 30.7. The third-order valence-corrected chi connectivity index (χ3v) is 9.17. The topological polar surface area (TPSA) is 125 Å². The number of nitrogens with one attached hydrogen (secondary N) is 1. The number of aliphatic hydroxyl groups excluding tert-OH is 1. The highest BCUT2D eigenvalue weighted by Crippen LogP contribution is 2.53. The molecule has 232 valence electrons. The van der Waals surface area contributed by atoms with Gasteiger partial charge in [-0.3, -0.25) is 19.2 Å². The molecule has 8 atom stereocenters. The summed E-state index contributed by atoms with van der Waals surface area (Å²) in [5.41, 5.74) is -0.669. The van der Waals surface area contributed by atoms with Gasteiger partial charge in [-0.1, -0.05) is 68.0 Å². The predicted octanol–water partition coefficient (Wildman–Crippen LogP) is 2.68. The number of rotatable bonds is 7. The van der Waals surface area contributed by atoms with E-state index in [1.165, 1.54) is 4.90 Å². The van der Waals surface area contributed by atoms with Gasteiger partial charge in [-0.15, -0.1) is 0 Å². The Hall–Kier alpha value is -3.50. The molecule has 4 aliphatic heterocycles. The van der Waals surface area contributed by atoms with Crippen LogP contribution in [0.4, 0.5) is 0 Å². The first kappa shape index (κ1) is 30.9. The van der Waals surface area contributed by atoms with Crippen molar-refractivity contribution in [3.63, 3.8) is 0 Å². The van der Waals surface area contributed by atoms with Gasteiger partial charge in [0, 0.05) is 32.2 Å². The summed E-state index contributed by atoms with van der Waals surface area (Å²) in [4.78, 5) is 58.8. The molecule has 10 heteroatoms. The molecule has 3 amide bonds. The maximum Gasteiger partial charge on any atom is 0.313 e. The van der Waals surface area contributed by atoms with Gasteiger partial charge in [-0.2, -0.15) is 0 Å². The molecule has 10 nitrogen and oxygen atoms in total. The van der Waals surface area contributed by atoms with E-state index in [4.69, 9.17) is 9.47 Å². The van der Waals surface area contributed by atoms with E-state index in [0.717, 1.165) is 12.8 Å². The Morgan fingerprint density at radius 1 is 1.12 bits per heavy atom. The first-order valence-electron chi connectivity index (χ1n) is 15.5. The van der Waals surface area contributed by atoms with Crippen LogP contribution in [0.15, 0.2) is 54.6 Å². The van der Waals surface area contributed by atoms with Gasteiger partial charge < -0.3 is 29.7 Å². The van der Waals surface area contributed by atoms with E-state index >= 15 is 0 Å². The molecule has 4 heterocycles. The van der Waals surface area contributed by atoms with Gasteiger partial charge in [-0.05, 0) is 38.7 Å². The number of carbonyl (C=O) groups excluding carboxylic acids is 4. The molecule has 0 aliphatic carbocycles. The Balaban J connectivity index is 1.58. The van der Waals surface area contributed by atoms with Gasteiger partial charge in [-0.25, -0.2) is 0 Å². The van der Waals surface area contributed by atoms with Gasteiger partial charge in [0.1, 0.15) is 23.7 Å². The lowest BCUT2D eigenvalue weighted by Gasteiger charge is -2.37. The van der Waals surface area contributed by atoms with Crippen molar-refractivity contribution in [2.45, 2.75) is 88.8 Å². The summed E-state index contributed by atoms with van der Waals surface area (Å²) >= 11 is 0. The van der Waals surface area contributed by atoms with Crippen LogP contribution in [-0.2, 0) is 28.7 Å². The number of hydrogen-bond donors (Lipinski definition) is 2. The van der Waals surface area contributed by atoms with Gasteiger partial charge in [0.05, 0.1) is 18.1 Å². The normalized spacial score (nSPS) is 34.2. The second-order valence-corrected chi connectivity index (χ2v) is 12.1. The van der Waals surface area contributed by atoms with Crippen molar-refractivity contribution in [1.29, 1.82) is 0 Å². The van der Waals surface area contributed by atoms with E-state index < -0.39 is 47.7 Å². The zero-order valence-corrected chi connectivity index (χ0v) is 25.2. The predicted molar refractivity (Wildman–Crippen MR) is 158 cm³/mol. The second kappa shape index (κ2) is 13.0. The Labute approximate surface area is 253 Å². The van der Waals surface area contributed by atoms with Crippen LogP contribution >= 0.6 is 0 Å². The molecule has 1 spiro atoms. The number of likely N-dealkylation sites (tertiary alicyclic amines) is 1. The number of ether oxygens (including phenoxy) is 2. The van der Waals surface area contributed by atoms with E-state index in [-0.39, 0.29) is 49.8 Å². The average molecular weight is 594 g/mol. The van der Waals surface area contributed by atoms with Crippen LogP contribution in [0.2, 0.25) is 0 Å². The molecule has 2 fully saturated rings. The quantitative estimate of drug-likeness (QED) is 0.368. The lowest BCUT2D eigenvalue weighted by atomic mass is 9.77. The number of benzene rings is 1. The Morgan fingerprint density at radius 3 is 2.60 bits per heavy atom. The largest absolute Gasteiger partial charge is 0.455 e. The van der Waals surface area contributed by atoms with Gasteiger partial charge in [0.25, 0.3) is 0 Å². The highest BCUT2D eigenvalue weighted by Gasteiger charge is 2.71. The van der Waals surface area contributed by atoms with E-state index in [1.807, 2.05) is 49.4 Å². The first-order valence-corrected chi connectivity index (χ1v) is 15.5. The smallest absolute Gasteiger partial charge is 0.313 e. The number of amides is 3. The minimum absolute atomic E-state index is 0.0521. The summed E-state index contributed by atoms with van der Waals surface area (Å²) in [5, 5.41) is 12.6. The average Bonchev–Trinajstić information content (AvgIpc) is 3.37. The number of nitrogens with zero attached hydrogens (tertiary/aromatic N) is 2. The van der Waals surface area contributed by atoms with Gasteiger partial charge >= 0.3 is 5.97 Å². The number of cyclic esters (lactones) is 1. The fourth-order valence-corrected chi connectivity index (χ4v) is 7.17. The standard InChI is InChI=1S/C33H43N3O7/c1-4-12-21(2)35-18-10-17-33-27(30(39)36(19-11-20-37)29(33)31(35)40)26-24(43-33)15-8-9-16-25(38)34-22(3)28(42-32(26)41)23-13-6-5-7-14-23/h5-8,10,13-15,17,21-22,24,26-29,37H,4,9,11-12,16,18-20H2,1-3H3,(H,34,38)/b15-8-/t21?,22-,24-,26+,27+,28+,29-,33+/m0/s1. The fraction of sp³-hybridized carbons (Fsp3) is 0.576. The van der Waals surface area contributed by atoms with Crippen LogP contribution in [0, 0.1) is 11.8 Å². The molecular weight excluding hydrogens is 550 g/mol. The van der Waals surface area contributed by atoms with Crippen molar-refractivity contribution < 1.29 is 33.8 Å². The Bertz CT molecular complexity index is 1270. The molecule has 0 radical (unpaired) electrons. The fourth-order valence-electron chi connectivity index (χ4n) is 7.17. The van der Waals surface area contributed by atoms with Crippen molar-refractivity contribution >= 4 is 23.7 Å². The third-order valence-electron chi connectivity index (χ3n) is 9.17. The van der Waals surface area contributed by atoms with Crippen LogP contribution in [0.3, 0.4) is 0 Å². The molecule has 2 N–H and O–H groups in total. The SMILES string of the molecule is CCCC(C)N1CC=C[C@@]23O[C@H]4/C=C\CCC(=O)N[C@@H](C)[C@H](c5ccccc5)OC(=O)[C@H]4[C@@H]2C(=O)N(CCCO)[C@H]3C1=O. The summed E-state index contributed by atoms with van der Waals surface area (Å²) in [7, 11) is 0. The van der Waals surface area contributed by atoms with Crippen LogP contribution in [0.1, 0.15) is 64.5 Å². The summed E-state index contributed by atoms with van der Waals surface area (Å²) < 4.78 is 12.9. The van der Waals surface area contributed by atoms with Crippen LogP contribution in [-0.4, -0.2) is 88.1 Å². The second-order valence-electron chi connectivity index (χ2n) is 12.1. The maximum atomic E-state index is 14.3. The zero-order valence-electron chi connectivity index (χ0n) is 25.2. The van der Waals surface area contributed by atoms with E-state index in [1.54, 1.807) is 24.0 Å². The van der Waals surface area contributed by atoms with Crippen molar-refractivity contribution in [1.82, 2.24) is 15.1 Å². The molecule has 1 aromatic rings. The lowest BCUT2D eigenvalue weighted by Crippen LogP contribution is -2.56. The summed E-state index contributed by atoms with van der Waals surface area (Å²) in [6.45, 7) is 6.25. The Kier molecular flexibility index (Phi) is 9.36. The van der Waals surface area contributed by atoms with Crippen molar-refractivity contribution in [2.24, 2.45) is 11.8 Å². The first-order chi connectivity index (χ1) is 20.7. The van der Waals surface area contributed by atoms with E-state index in [0.29, 0.717) is 18.5 Å². The lowest BCUT2D eigenvalue weighted by molar-refractivity contribution is -0.161. The van der Waals surface area contributed by atoms with Crippen LogP contribution in [0.25, 0.3) is 0 Å². The van der Waals surface area contributed by atoms with Crippen molar-refractivity contribution in [2.75, 3.05) is 19.7 Å². The van der Waals surface area contributed by atoms with Crippen molar-refractivity contribution in [3.8, 4) is 0 Å². The number of carbonyl (C=O) groups is 4. The van der Waals surface area contributed by atoms with Crippen LogP contribution in [0.5, 0.6) is 0 Å². The molecule has 1 aromatic carbocycles. The summed E-state index contributed by atoms with van der Waals surface area (Å²) in [6, 6.07) is 7.64. The number of hydrogen-bond acceptors (Lipinski definition) is 7. The highest BCUT2D eigenvalue weighted by molar-refractivity contribution is 5.99. The van der Waals surface area contributed by atoms with Crippen molar-refractivity contribution in [3.05, 3.63) is 60.2 Å². The summed E-state index contributed by atoms with van der Waals surface area (Å²) in [5.74, 6) is -3.38. The summed E-state index contributed by atoms with van der Waals surface area (Å²) in [6.07, 6.45) is 8.23. The van der Waals surface area contributed by atoms with E-state index in [2.05, 4.69) is 12.2 Å². The van der Waals surface area contributed by atoms with Gasteiger partial charge in [0.15, 0.2) is 0 Å². The molecule has 4 aliphatic rings. The Morgan fingerprint density at radius 2 is 1.88 bits per heavy atom. The molecule has 2 saturated heterocycles. The van der Waals surface area contributed by atoms with Crippen LogP contribution < -0.4 is 5.32 Å². The monoisotopic (exact) mass is 593 g/mol. The third kappa shape index (κ3) is 5.74. The highest BCUT2D eigenvalue weighted by atomic mass is 16.6. The van der Waals surface area contributed by atoms with E-state index in [9.17, 15) is 24.3 Å². The number of allylic oxidation sites excluding steroid dienone is 1. The minimum Gasteiger partial charge on any atom is -0.455 e. The molecule has 43 heavy (non-hydrogen) atoms. The molecule has 0 aromatic heterocycles. The molecule has 5 rings (SSSR count). The maximum absolute atomic E-state index is 14.3. The van der Waals surface area contributed by atoms with Gasteiger partial charge in [0.2, 0.25) is 17.7 Å². The minimum atomic E-state index is -1.38. The molecule has 0 saturated carbocycles. The molecule has 0 bridgehead atoms.